The predicted octanol–water partition coefficient (Wildman–Crippen LogP) is -0.158. The molecule has 1 rings (SSSR count). The number of hydrogen-bond acceptors (Lipinski definition) is 3. The average Bonchev–Trinajstić information content (AvgIpc) is 2.25. The number of carbonyl (C=O) groups is 1. The first-order valence-electron chi connectivity index (χ1n) is 4.87. The first-order chi connectivity index (χ1) is 7.17. The highest BCUT2D eigenvalue weighted by atomic mass is 16.2. The normalized spacial score (nSPS) is 12.1. The summed E-state index contributed by atoms with van der Waals surface area (Å²) < 4.78 is 0. The van der Waals surface area contributed by atoms with E-state index < -0.39 is 0 Å². The molecule has 5 heteroatoms. The first kappa shape index (κ1) is 11.5. The Hall–Kier alpha value is -1.62. The van der Waals surface area contributed by atoms with Crippen LogP contribution < -0.4 is 16.6 Å². The second-order valence-corrected chi connectivity index (χ2v) is 3.26. The van der Waals surface area contributed by atoms with Crippen LogP contribution in [0.2, 0.25) is 0 Å². The summed E-state index contributed by atoms with van der Waals surface area (Å²) in [4.78, 5) is 25.0. The van der Waals surface area contributed by atoms with Crippen LogP contribution in [0.25, 0.3) is 0 Å². The van der Waals surface area contributed by atoms with Gasteiger partial charge in [0.15, 0.2) is 0 Å². The molecule has 1 aromatic heterocycles. The summed E-state index contributed by atoms with van der Waals surface area (Å²) in [7, 11) is 0. The number of nitrogens with one attached hydrogen (secondary N) is 2. The lowest BCUT2D eigenvalue weighted by Crippen LogP contribution is -2.39. The maximum atomic E-state index is 11.6. The van der Waals surface area contributed by atoms with E-state index in [1.165, 1.54) is 12.3 Å². The Balaban J connectivity index is 2.73. The van der Waals surface area contributed by atoms with Gasteiger partial charge in [-0.05, 0) is 12.5 Å². The first-order valence-corrected chi connectivity index (χ1v) is 4.87. The van der Waals surface area contributed by atoms with Gasteiger partial charge in [-0.3, -0.25) is 9.59 Å². The molecule has 0 bridgehead atoms. The highest BCUT2D eigenvalue weighted by Gasteiger charge is 2.10. The average molecular weight is 209 g/mol. The lowest BCUT2D eigenvalue weighted by molar-refractivity contribution is 0.0937. The monoisotopic (exact) mass is 209 g/mol. The van der Waals surface area contributed by atoms with Gasteiger partial charge in [-0.2, -0.15) is 0 Å². The summed E-state index contributed by atoms with van der Waals surface area (Å²) in [5, 5.41) is 2.74. The SMILES string of the molecule is CCC(CN)NC(=O)c1cc[nH]c(=O)c1. The van der Waals surface area contributed by atoms with E-state index in [-0.39, 0.29) is 17.5 Å². The second-order valence-electron chi connectivity index (χ2n) is 3.26. The van der Waals surface area contributed by atoms with Crippen LogP contribution in [0, 0.1) is 0 Å². The van der Waals surface area contributed by atoms with Crippen molar-refractivity contribution in [2.75, 3.05) is 6.54 Å². The molecule has 5 nitrogen and oxygen atoms in total. The van der Waals surface area contributed by atoms with Crippen molar-refractivity contribution in [3.05, 3.63) is 34.2 Å². The molecule has 1 amide bonds. The van der Waals surface area contributed by atoms with Gasteiger partial charge in [0.25, 0.3) is 5.91 Å². The van der Waals surface area contributed by atoms with Gasteiger partial charge in [-0.15, -0.1) is 0 Å². The van der Waals surface area contributed by atoms with Crippen LogP contribution >= 0.6 is 0 Å². The van der Waals surface area contributed by atoms with Crippen LogP contribution in [0.1, 0.15) is 23.7 Å². The maximum absolute atomic E-state index is 11.6. The fraction of sp³-hybridized carbons (Fsp3) is 0.400. The molecule has 82 valence electrons. The Morgan fingerprint density at radius 2 is 2.40 bits per heavy atom. The fourth-order valence-electron chi connectivity index (χ4n) is 1.18. The molecule has 0 fully saturated rings. The largest absolute Gasteiger partial charge is 0.348 e. The minimum Gasteiger partial charge on any atom is -0.348 e. The minimum absolute atomic E-state index is 0.0446. The number of aromatic amines is 1. The number of amides is 1. The Bertz CT molecular complexity index is 382. The molecule has 1 unspecified atom stereocenters. The van der Waals surface area contributed by atoms with Crippen LogP contribution in [0.3, 0.4) is 0 Å². The van der Waals surface area contributed by atoms with Crippen LogP contribution in [0.4, 0.5) is 0 Å². The quantitative estimate of drug-likeness (QED) is 0.644. The lowest BCUT2D eigenvalue weighted by Gasteiger charge is -2.14. The van der Waals surface area contributed by atoms with Crippen molar-refractivity contribution in [3.63, 3.8) is 0 Å². The van der Waals surface area contributed by atoms with Gasteiger partial charge in [0.05, 0.1) is 0 Å². The number of nitrogens with two attached hydrogens (primary N) is 1. The standard InChI is InChI=1S/C10H15N3O2/c1-2-8(6-11)13-10(15)7-3-4-12-9(14)5-7/h3-5,8H,2,6,11H2,1H3,(H,12,14)(H,13,15). The molecule has 0 radical (unpaired) electrons. The van der Waals surface area contributed by atoms with E-state index in [1.54, 1.807) is 6.07 Å². The smallest absolute Gasteiger partial charge is 0.251 e. The molecule has 0 aliphatic carbocycles. The number of rotatable bonds is 4. The van der Waals surface area contributed by atoms with Crippen LogP contribution in [-0.2, 0) is 0 Å². The summed E-state index contributed by atoms with van der Waals surface area (Å²) in [5.41, 5.74) is 5.52. The third-order valence-electron chi connectivity index (χ3n) is 2.15. The predicted molar refractivity (Wildman–Crippen MR) is 57.7 cm³/mol. The van der Waals surface area contributed by atoms with Crippen LogP contribution in [0.15, 0.2) is 23.1 Å². The molecule has 0 aliphatic heterocycles. The zero-order chi connectivity index (χ0) is 11.3. The number of hydrogen-bond donors (Lipinski definition) is 3. The summed E-state index contributed by atoms with van der Waals surface area (Å²) in [6.07, 6.45) is 2.21. The van der Waals surface area contributed by atoms with Gasteiger partial charge >= 0.3 is 0 Å². The molecular formula is C10H15N3O2. The number of carbonyl (C=O) groups excluding carboxylic acids is 1. The van der Waals surface area contributed by atoms with E-state index >= 15 is 0 Å². The van der Waals surface area contributed by atoms with Crippen molar-refractivity contribution in [1.82, 2.24) is 10.3 Å². The zero-order valence-electron chi connectivity index (χ0n) is 8.62. The molecular weight excluding hydrogens is 194 g/mol. The molecule has 1 atom stereocenters. The van der Waals surface area contributed by atoms with Crippen molar-refractivity contribution in [2.24, 2.45) is 5.73 Å². The Labute approximate surface area is 87.7 Å². The van der Waals surface area contributed by atoms with Crippen molar-refractivity contribution >= 4 is 5.91 Å². The molecule has 0 aliphatic rings. The highest BCUT2D eigenvalue weighted by Crippen LogP contribution is 1.95. The van der Waals surface area contributed by atoms with Crippen molar-refractivity contribution < 1.29 is 4.79 Å². The Morgan fingerprint density at radius 3 is 2.93 bits per heavy atom. The molecule has 1 heterocycles. The molecule has 0 saturated heterocycles. The van der Waals surface area contributed by atoms with Gasteiger partial charge in [0, 0.05) is 30.4 Å². The number of pyridine rings is 1. The van der Waals surface area contributed by atoms with E-state index in [0.29, 0.717) is 12.1 Å². The second kappa shape index (κ2) is 5.31. The van der Waals surface area contributed by atoms with E-state index in [0.717, 1.165) is 6.42 Å². The Kier molecular flexibility index (Phi) is 4.05. The van der Waals surface area contributed by atoms with Gasteiger partial charge < -0.3 is 16.0 Å². The number of aromatic nitrogens is 1. The van der Waals surface area contributed by atoms with Gasteiger partial charge in [-0.1, -0.05) is 6.92 Å². The lowest BCUT2D eigenvalue weighted by atomic mass is 10.2. The third-order valence-corrected chi connectivity index (χ3v) is 2.15. The van der Waals surface area contributed by atoms with E-state index in [4.69, 9.17) is 5.73 Å². The summed E-state index contributed by atoms with van der Waals surface area (Å²) >= 11 is 0. The van der Waals surface area contributed by atoms with Crippen molar-refractivity contribution in [2.45, 2.75) is 19.4 Å². The van der Waals surface area contributed by atoms with Gasteiger partial charge in [0.2, 0.25) is 5.56 Å². The topological polar surface area (TPSA) is 88.0 Å². The Morgan fingerprint density at radius 1 is 1.67 bits per heavy atom. The molecule has 4 N–H and O–H groups in total. The van der Waals surface area contributed by atoms with Crippen molar-refractivity contribution in [3.8, 4) is 0 Å². The van der Waals surface area contributed by atoms with E-state index in [2.05, 4.69) is 10.3 Å². The van der Waals surface area contributed by atoms with E-state index in [9.17, 15) is 9.59 Å². The zero-order valence-corrected chi connectivity index (χ0v) is 8.62. The molecule has 1 aromatic rings. The van der Waals surface area contributed by atoms with Gasteiger partial charge in [-0.25, -0.2) is 0 Å². The summed E-state index contributed by atoms with van der Waals surface area (Å²) in [6.45, 7) is 2.33. The highest BCUT2D eigenvalue weighted by molar-refractivity contribution is 5.94. The van der Waals surface area contributed by atoms with Crippen LogP contribution in [0.5, 0.6) is 0 Å². The molecule has 0 aromatic carbocycles. The van der Waals surface area contributed by atoms with Crippen molar-refractivity contribution in [1.29, 1.82) is 0 Å². The van der Waals surface area contributed by atoms with Gasteiger partial charge in [0.1, 0.15) is 0 Å². The maximum Gasteiger partial charge on any atom is 0.251 e. The third kappa shape index (κ3) is 3.21. The molecule has 0 spiro atoms. The fourth-order valence-corrected chi connectivity index (χ4v) is 1.18. The minimum atomic E-state index is -0.288. The molecule has 0 saturated carbocycles. The molecule has 15 heavy (non-hydrogen) atoms. The van der Waals surface area contributed by atoms with Crippen LogP contribution in [-0.4, -0.2) is 23.5 Å². The van der Waals surface area contributed by atoms with E-state index in [1.807, 2.05) is 6.92 Å². The summed E-state index contributed by atoms with van der Waals surface area (Å²) in [6, 6.07) is 2.77. The number of H-pyrrole nitrogens is 1. The summed E-state index contributed by atoms with van der Waals surface area (Å²) in [5.74, 6) is -0.265.